The average molecular weight is 251 g/mol. The van der Waals surface area contributed by atoms with Crippen LogP contribution in [0.15, 0.2) is 0 Å². The van der Waals surface area contributed by atoms with Crippen LogP contribution in [0.2, 0.25) is 0 Å². The van der Waals surface area contributed by atoms with Gasteiger partial charge in [-0.25, -0.2) is 8.42 Å². The topological polar surface area (TPSA) is 75.6 Å². The number of rotatable bonds is 6. The highest BCUT2D eigenvalue weighted by atomic mass is 32.2. The standard InChI is InChI=1S/C10H21NO4S/c1-15-7-8(6-12)11-9-4-3-5-10(9)16(2,13)14/h8-12H,3-7H2,1-2H3. The zero-order valence-electron chi connectivity index (χ0n) is 9.85. The number of sulfone groups is 1. The second-order valence-electron chi connectivity index (χ2n) is 4.41. The third-order valence-electron chi connectivity index (χ3n) is 3.04. The Morgan fingerprint density at radius 2 is 2.19 bits per heavy atom. The van der Waals surface area contributed by atoms with Crippen LogP contribution in [-0.2, 0) is 14.6 Å². The molecule has 0 heterocycles. The molecule has 0 radical (unpaired) electrons. The van der Waals surface area contributed by atoms with Gasteiger partial charge < -0.3 is 15.2 Å². The molecular formula is C10H21NO4S. The first-order valence-corrected chi connectivity index (χ1v) is 7.49. The summed E-state index contributed by atoms with van der Waals surface area (Å²) in [5.41, 5.74) is 0. The SMILES string of the molecule is COCC(CO)NC1CCCC1S(C)(=O)=O. The van der Waals surface area contributed by atoms with E-state index in [1.165, 1.54) is 6.26 Å². The smallest absolute Gasteiger partial charge is 0.151 e. The number of hydrogen-bond acceptors (Lipinski definition) is 5. The van der Waals surface area contributed by atoms with Crippen LogP contribution in [0, 0.1) is 0 Å². The van der Waals surface area contributed by atoms with E-state index >= 15 is 0 Å². The van der Waals surface area contributed by atoms with Gasteiger partial charge in [-0.2, -0.15) is 0 Å². The van der Waals surface area contributed by atoms with Crippen LogP contribution < -0.4 is 5.32 Å². The average Bonchev–Trinajstić information content (AvgIpc) is 2.64. The predicted molar refractivity (Wildman–Crippen MR) is 62.2 cm³/mol. The van der Waals surface area contributed by atoms with Crippen LogP contribution in [0.5, 0.6) is 0 Å². The van der Waals surface area contributed by atoms with Crippen molar-refractivity contribution in [3.05, 3.63) is 0 Å². The number of ether oxygens (including phenoxy) is 1. The van der Waals surface area contributed by atoms with Crippen molar-refractivity contribution in [1.82, 2.24) is 5.32 Å². The van der Waals surface area contributed by atoms with Crippen molar-refractivity contribution >= 4 is 9.84 Å². The van der Waals surface area contributed by atoms with Crippen LogP contribution in [0.1, 0.15) is 19.3 Å². The maximum atomic E-state index is 11.5. The normalized spacial score (nSPS) is 28.2. The molecule has 16 heavy (non-hydrogen) atoms. The van der Waals surface area contributed by atoms with E-state index in [1.807, 2.05) is 0 Å². The fourth-order valence-corrected chi connectivity index (χ4v) is 3.69. The van der Waals surface area contributed by atoms with Crippen molar-refractivity contribution in [3.8, 4) is 0 Å². The molecular weight excluding hydrogens is 230 g/mol. The van der Waals surface area contributed by atoms with Gasteiger partial charge in [0.25, 0.3) is 0 Å². The second kappa shape index (κ2) is 5.95. The molecule has 0 aromatic rings. The number of hydrogen-bond donors (Lipinski definition) is 2. The van der Waals surface area contributed by atoms with Gasteiger partial charge in [0.05, 0.1) is 24.5 Å². The Morgan fingerprint density at radius 3 is 2.69 bits per heavy atom. The molecule has 5 nitrogen and oxygen atoms in total. The monoisotopic (exact) mass is 251 g/mol. The van der Waals surface area contributed by atoms with E-state index in [1.54, 1.807) is 7.11 Å². The summed E-state index contributed by atoms with van der Waals surface area (Å²) in [4.78, 5) is 0. The molecule has 1 rings (SSSR count). The maximum Gasteiger partial charge on any atom is 0.151 e. The van der Waals surface area contributed by atoms with Gasteiger partial charge in [0.1, 0.15) is 0 Å². The summed E-state index contributed by atoms with van der Waals surface area (Å²) in [6.07, 6.45) is 3.75. The number of nitrogens with one attached hydrogen (secondary N) is 1. The molecule has 3 atom stereocenters. The summed E-state index contributed by atoms with van der Waals surface area (Å²) in [5.74, 6) is 0. The quantitative estimate of drug-likeness (QED) is 0.668. The Labute approximate surface area is 97.1 Å². The first-order valence-electron chi connectivity index (χ1n) is 5.53. The fourth-order valence-electron chi connectivity index (χ4n) is 2.29. The molecule has 6 heteroatoms. The van der Waals surface area contributed by atoms with Crippen molar-refractivity contribution in [3.63, 3.8) is 0 Å². The molecule has 0 spiro atoms. The minimum atomic E-state index is -3.01. The van der Waals surface area contributed by atoms with Crippen molar-refractivity contribution in [2.75, 3.05) is 26.6 Å². The zero-order valence-corrected chi connectivity index (χ0v) is 10.7. The molecule has 0 aromatic carbocycles. The Kier molecular flexibility index (Phi) is 5.17. The molecule has 0 amide bonds. The summed E-state index contributed by atoms with van der Waals surface area (Å²) in [6.45, 7) is 0.351. The van der Waals surface area contributed by atoms with Crippen molar-refractivity contribution < 1.29 is 18.3 Å². The molecule has 0 aliphatic heterocycles. The Hall–Kier alpha value is -0.170. The van der Waals surface area contributed by atoms with Gasteiger partial charge in [-0.05, 0) is 12.8 Å². The molecule has 0 bridgehead atoms. The molecule has 0 saturated heterocycles. The predicted octanol–water partition coefficient (Wildman–Crippen LogP) is -0.451. The molecule has 2 N–H and O–H groups in total. The van der Waals surface area contributed by atoms with Gasteiger partial charge in [-0.15, -0.1) is 0 Å². The lowest BCUT2D eigenvalue weighted by atomic mass is 10.2. The lowest BCUT2D eigenvalue weighted by Gasteiger charge is -2.24. The molecule has 1 aliphatic rings. The minimum absolute atomic E-state index is 0.0409. The van der Waals surface area contributed by atoms with Crippen molar-refractivity contribution in [1.29, 1.82) is 0 Å². The lowest BCUT2D eigenvalue weighted by molar-refractivity contribution is 0.122. The first kappa shape index (κ1) is 13.9. The van der Waals surface area contributed by atoms with E-state index in [0.717, 1.165) is 12.8 Å². The second-order valence-corrected chi connectivity index (χ2v) is 6.67. The molecule has 96 valence electrons. The van der Waals surface area contributed by atoms with Crippen molar-refractivity contribution in [2.45, 2.75) is 36.6 Å². The zero-order chi connectivity index (χ0) is 12.2. The number of methoxy groups -OCH3 is 1. The molecule has 3 unspecified atom stereocenters. The van der Waals surface area contributed by atoms with Crippen LogP contribution in [-0.4, -0.2) is 57.4 Å². The number of aliphatic hydroxyl groups excluding tert-OH is 1. The Balaban J connectivity index is 2.58. The summed E-state index contributed by atoms with van der Waals surface area (Å²) in [5, 5.41) is 12.0. The highest BCUT2D eigenvalue weighted by Gasteiger charge is 2.35. The van der Waals surface area contributed by atoms with Crippen LogP contribution >= 0.6 is 0 Å². The van der Waals surface area contributed by atoms with Crippen LogP contribution in [0.3, 0.4) is 0 Å². The highest BCUT2D eigenvalue weighted by molar-refractivity contribution is 7.91. The minimum Gasteiger partial charge on any atom is -0.395 e. The first-order chi connectivity index (χ1) is 7.49. The summed E-state index contributed by atoms with van der Waals surface area (Å²) in [6, 6.07) is -0.236. The van der Waals surface area contributed by atoms with E-state index in [9.17, 15) is 8.42 Å². The van der Waals surface area contributed by atoms with Gasteiger partial charge in [-0.3, -0.25) is 0 Å². The van der Waals surface area contributed by atoms with Gasteiger partial charge in [0.15, 0.2) is 9.84 Å². The van der Waals surface area contributed by atoms with Crippen LogP contribution in [0.25, 0.3) is 0 Å². The van der Waals surface area contributed by atoms with E-state index < -0.39 is 9.84 Å². The fraction of sp³-hybridized carbons (Fsp3) is 1.00. The van der Waals surface area contributed by atoms with Gasteiger partial charge in [-0.1, -0.05) is 6.42 Å². The van der Waals surface area contributed by atoms with Gasteiger partial charge in [0, 0.05) is 19.4 Å². The summed E-state index contributed by atoms with van der Waals surface area (Å²) < 4.78 is 28.0. The largest absolute Gasteiger partial charge is 0.395 e. The van der Waals surface area contributed by atoms with Crippen LogP contribution in [0.4, 0.5) is 0 Å². The third-order valence-corrected chi connectivity index (χ3v) is 4.70. The summed E-state index contributed by atoms with van der Waals surface area (Å²) in [7, 11) is -1.44. The highest BCUT2D eigenvalue weighted by Crippen LogP contribution is 2.25. The number of aliphatic hydroxyl groups is 1. The maximum absolute atomic E-state index is 11.5. The molecule has 1 fully saturated rings. The Bertz CT molecular complexity index is 304. The van der Waals surface area contributed by atoms with E-state index in [-0.39, 0.29) is 23.9 Å². The van der Waals surface area contributed by atoms with Crippen molar-refractivity contribution in [2.24, 2.45) is 0 Å². The molecule has 1 aliphatic carbocycles. The lowest BCUT2D eigenvalue weighted by Crippen LogP contribution is -2.48. The molecule has 0 aromatic heterocycles. The van der Waals surface area contributed by atoms with Gasteiger partial charge in [0.2, 0.25) is 0 Å². The van der Waals surface area contributed by atoms with E-state index in [4.69, 9.17) is 9.84 Å². The summed E-state index contributed by atoms with van der Waals surface area (Å²) >= 11 is 0. The third kappa shape index (κ3) is 3.69. The van der Waals surface area contributed by atoms with E-state index in [2.05, 4.69) is 5.32 Å². The Morgan fingerprint density at radius 1 is 1.50 bits per heavy atom. The van der Waals surface area contributed by atoms with E-state index in [0.29, 0.717) is 13.0 Å². The van der Waals surface area contributed by atoms with Gasteiger partial charge >= 0.3 is 0 Å². The molecule has 1 saturated carbocycles.